The summed E-state index contributed by atoms with van der Waals surface area (Å²) >= 11 is 11.8. The summed E-state index contributed by atoms with van der Waals surface area (Å²) in [6.07, 6.45) is 0. The lowest BCUT2D eigenvalue weighted by Gasteiger charge is -2.34. The fourth-order valence-corrected chi connectivity index (χ4v) is 4.14. The number of nitrogens with zero attached hydrogens (tertiary/aromatic N) is 4. The summed E-state index contributed by atoms with van der Waals surface area (Å²) in [6.45, 7) is 7.03. The molecule has 2 aromatic carbocycles. The van der Waals surface area contributed by atoms with Gasteiger partial charge in [-0.05, 0) is 36.8 Å². The van der Waals surface area contributed by atoms with Crippen LogP contribution in [0.15, 0.2) is 48.5 Å². The van der Waals surface area contributed by atoms with Crippen LogP contribution in [0.3, 0.4) is 0 Å². The largest absolute Gasteiger partial charge is 0.360 e. The number of rotatable bonds is 4. The first kappa shape index (κ1) is 19.2. The zero-order valence-corrected chi connectivity index (χ0v) is 17.8. The van der Waals surface area contributed by atoms with E-state index in [-0.39, 0.29) is 0 Å². The molecule has 1 aliphatic heterocycles. The van der Waals surface area contributed by atoms with E-state index in [0.29, 0.717) is 0 Å². The quantitative estimate of drug-likeness (QED) is 0.666. The van der Waals surface area contributed by atoms with E-state index in [1.807, 2.05) is 40.6 Å². The van der Waals surface area contributed by atoms with Crippen LogP contribution in [-0.2, 0) is 13.7 Å². The Morgan fingerprint density at radius 3 is 2.54 bits per heavy atom. The maximum absolute atomic E-state index is 6.20. The third-order valence-electron chi connectivity index (χ3n) is 5.43. The average molecular weight is 415 g/mol. The normalized spacial score (nSPS) is 15.2. The highest BCUT2D eigenvalue weighted by Crippen LogP contribution is 2.24. The van der Waals surface area contributed by atoms with Crippen LogP contribution in [0, 0.1) is 11.7 Å². The number of quaternary nitrogens is 1. The molecule has 0 unspecified atom stereocenters. The third-order valence-corrected chi connectivity index (χ3v) is 6.15. The number of hydrogen-bond donors (Lipinski definition) is 1. The number of aromatic nitrogens is 3. The van der Waals surface area contributed by atoms with Gasteiger partial charge in [0.25, 0.3) is 0 Å². The summed E-state index contributed by atoms with van der Waals surface area (Å²) < 4.78 is 4.72. The van der Waals surface area contributed by atoms with E-state index in [2.05, 4.69) is 36.1 Å². The molecule has 1 saturated heterocycles. The van der Waals surface area contributed by atoms with Gasteiger partial charge < -0.3 is 14.4 Å². The Hall–Kier alpha value is -2.15. The van der Waals surface area contributed by atoms with Gasteiger partial charge in [-0.2, -0.15) is 4.68 Å². The molecule has 1 N–H and O–H groups in total. The molecule has 1 aliphatic rings. The Morgan fingerprint density at radius 1 is 1.11 bits per heavy atom. The fraction of sp³-hybridized carbons (Fsp3) is 0.333. The van der Waals surface area contributed by atoms with Crippen molar-refractivity contribution in [3.63, 3.8) is 0 Å². The van der Waals surface area contributed by atoms with Crippen molar-refractivity contribution in [1.82, 2.24) is 14.3 Å². The van der Waals surface area contributed by atoms with Gasteiger partial charge in [-0.1, -0.05) is 48.0 Å². The van der Waals surface area contributed by atoms with Crippen molar-refractivity contribution >= 4 is 29.5 Å². The highest BCUT2D eigenvalue weighted by molar-refractivity contribution is 7.71. The smallest absolute Gasteiger partial charge is 0.202 e. The number of anilines is 1. The van der Waals surface area contributed by atoms with E-state index in [0.717, 1.165) is 54.0 Å². The van der Waals surface area contributed by atoms with Crippen LogP contribution in [-0.4, -0.2) is 40.5 Å². The fourth-order valence-electron chi connectivity index (χ4n) is 3.79. The molecule has 1 aromatic heterocycles. The van der Waals surface area contributed by atoms with Crippen LogP contribution in [0.25, 0.3) is 11.4 Å². The molecule has 7 heteroatoms. The van der Waals surface area contributed by atoms with Gasteiger partial charge in [-0.3, -0.25) is 0 Å². The van der Waals surface area contributed by atoms with Crippen LogP contribution >= 0.6 is 23.8 Å². The van der Waals surface area contributed by atoms with Crippen molar-refractivity contribution in [3.8, 4) is 11.4 Å². The molecule has 1 fully saturated rings. The second kappa shape index (κ2) is 8.07. The van der Waals surface area contributed by atoms with Gasteiger partial charge in [0.15, 0.2) is 12.5 Å². The van der Waals surface area contributed by atoms with Crippen molar-refractivity contribution < 1.29 is 4.90 Å². The van der Waals surface area contributed by atoms with Gasteiger partial charge in [-0.15, -0.1) is 5.10 Å². The summed E-state index contributed by atoms with van der Waals surface area (Å²) in [5, 5.41) is 5.60. The van der Waals surface area contributed by atoms with E-state index < -0.39 is 0 Å². The minimum atomic E-state index is 0.763. The number of piperazine rings is 1. The Labute approximate surface area is 175 Å². The molecule has 3 aromatic rings. The third kappa shape index (κ3) is 3.85. The lowest BCUT2D eigenvalue weighted by atomic mass is 10.1. The van der Waals surface area contributed by atoms with E-state index in [4.69, 9.17) is 28.9 Å². The van der Waals surface area contributed by atoms with Crippen molar-refractivity contribution in [2.75, 3.05) is 31.1 Å². The Balaban J connectivity index is 1.46. The second-order valence-electron chi connectivity index (χ2n) is 7.36. The molecule has 28 heavy (non-hydrogen) atoms. The zero-order valence-electron chi connectivity index (χ0n) is 16.2. The van der Waals surface area contributed by atoms with Gasteiger partial charge in [0.05, 0.1) is 26.2 Å². The van der Waals surface area contributed by atoms with E-state index in [1.165, 1.54) is 16.2 Å². The number of benzene rings is 2. The number of hydrogen-bond acceptors (Lipinski definition) is 3. The molecule has 4 rings (SSSR count). The van der Waals surface area contributed by atoms with Crippen LogP contribution in [0.1, 0.15) is 5.56 Å². The highest BCUT2D eigenvalue weighted by Gasteiger charge is 2.23. The maximum Gasteiger partial charge on any atom is 0.202 e. The molecular formula is C21H25ClN5S+. The number of nitrogens with one attached hydrogen (secondary N) is 1. The predicted octanol–water partition coefficient (Wildman–Crippen LogP) is 2.94. The summed E-state index contributed by atoms with van der Waals surface area (Å²) in [5.74, 6) is 0.915. The monoisotopic (exact) mass is 414 g/mol. The van der Waals surface area contributed by atoms with Crippen LogP contribution in [0.2, 0.25) is 5.02 Å². The first-order valence-electron chi connectivity index (χ1n) is 9.57. The van der Waals surface area contributed by atoms with Crippen molar-refractivity contribution in [2.24, 2.45) is 7.05 Å². The van der Waals surface area contributed by atoms with E-state index >= 15 is 0 Å². The summed E-state index contributed by atoms with van der Waals surface area (Å²) in [5.41, 5.74) is 3.60. The summed E-state index contributed by atoms with van der Waals surface area (Å²) in [6, 6.07) is 16.3. The molecule has 146 valence electrons. The van der Waals surface area contributed by atoms with Crippen molar-refractivity contribution in [1.29, 1.82) is 0 Å². The molecule has 0 spiro atoms. The molecule has 0 bridgehead atoms. The van der Waals surface area contributed by atoms with Gasteiger partial charge >= 0.3 is 0 Å². The van der Waals surface area contributed by atoms with Crippen molar-refractivity contribution in [3.05, 3.63) is 63.9 Å². The second-order valence-corrected chi connectivity index (χ2v) is 8.16. The van der Waals surface area contributed by atoms with Crippen LogP contribution in [0.4, 0.5) is 5.69 Å². The topological polar surface area (TPSA) is 30.4 Å². The minimum absolute atomic E-state index is 0.763. The average Bonchev–Trinajstić information content (AvgIpc) is 3.00. The van der Waals surface area contributed by atoms with Crippen molar-refractivity contribution in [2.45, 2.75) is 13.6 Å². The number of aryl methyl sites for hydroxylation is 1. The summed E-state index contributed by atoms with van der Waals surface area (Å²) in [4.78, 5) is 3.92. The molecule has 2 heterocycles. The molecular weight excluding hydrogens is 390 g/mol. The maximum atomic E-state index is 6.20. The highest BCUT2D eigenvalue weighted by atomic mass is 35.5. The SMILES string of the molecule is Cc1ccc(Cl)cc1N1CC[NH+](Cn2nc(-c3ccccc3)n(C)c2=S)CC1. The molecule has 0 aliphatic carbocycles. The van der Waals surface area contributed by atoms with Gasteiger partial charge in [0.1, 0.15) is 0 Å². The Bertz CT molecular complexity index is 1020. The molecule has 0 amide bonds. The Morgan fingerprint density at radius 2 is 1.82 bits per heavy atom. The molecule has 5 nitrogen and oxygen atoms in total. The first-order chi connectivity index (χ1) is 13.5. The number of halogens is 1. The van der Waals surface area contributed by atoms with E-state index in [9.17, 15) is 0 Å². The van der Waals surface area contributed by atoms with Gasteiger partial charge in [0, 0.05) is 23.3 Å². The standard InChI is InChI=1S/C21H24ClN5S/c1-16-8-9-18(22)14-19(16)26-12-10-25(11-13-26)15-27-21(28)24(2)20(23-27)17-6-4-3-5-7-17/h3-9,14H,10-13,15H2,1-2H3/p+1. The zero-order chi connectivity index (χ0) is 19.7. The molecule has 0 saturated carbocycles. The lowest BCUT2D eigenvalue weighted by molar-refractivity contribution is -0.924. The van der Waals surface area contributed by atoms with Gasteiger partial charge in [0.2, 0.25) is 4.77 Å². The predicted molar refractivity (Wildman–Crippen MR) is 117 cm³/mol. The molecule has 0 radical (unpaired) electrons. The Kier molecular flexibility index (Phi) is 5.53. The van der Waals surface area contributed by atoms with Gasteiger partial charge in [-0.25, -0.2) is 0 Å². The van der Waals surface area contributed by atoms with E-state index in [1.54, 1.807) is 0 Å². The lowest BCUT2D eigenvalue weighted by Crippen LogP contribution is -3.14. The molecule has 0 atom stereocenters. The summed E-state index contributed by atoms with van der Waals surface area (Å²) in [7, 11) is 1.99. The first-order valence-corrected chi connectivity index (χ1v) is 10.4. The van der Waals surface area contributed by atoms with Crippen LogP contribution in [0.5, 0.6) is 0 Å². The minimum Gasteiger partial charge on any atom is -0.360 e. The van der Waals surface area contributed by atoms with Crippen LogP contribution < -0.4 is 9.80 Å².